The molecule has 1 saturated carbocycles. The van der Waals surface area contributed by atoms with Crippen molar-refractivity contribution in [3.8, 4) is 0 Å². The number of oxime groups is 2. The Morgan fingerprint density at radius 3 is 2.45 bits per heavy atom. The van der Waals surface area contributed by atoms with Crippen LogP contribution in [0.15, 0.2) is 52.8 Å². The average molecular weight is 462 g/mol. The first-order valence-electron chi connectivity index (χ1n) is 9.90. The quantitative estimate of drug-likeness (QED) is 0.395. The summed E-state index contributed by atoms with van der Waals surface area (Å²) in [5, 5.41) is 9.33. The predicted octanol–water partition coefficient (Wildman–Crippen LogP) is 5.30. The van der Waals surface area contributed by atoms with Crippen molar-refractivity contribution in [2.24, 2.45) is 16.2 Å². The Labute approximate surface area is 192 Å². The van der Waals surface area contributed by atoms with Crippen LogP contribution < -0.4 is 0 Å². The van der Waals surface area contributed by atoms with Crippen LogP contribution >= 0.6 is 23.2 Å². The first kappa shape index (κ1) is 23.1. The topological polar surface area (TPSA) is 63.5 Å². The lowest BCUT2D eigenvalue weighted by Gasteiger charge is -2.21. The maximum atomic E-state index is 12.8. The highest BCUT2D eigenvalue weighted by Crippen LogP contribution is 2.58. The van der Waals surface area contributed by atoms with Gasteiger partial charge >= 0.3 is 0 Å². The lowest BCUT2D eigenvalue weighted by atomic mass is 9.94. The van der Waals surface area contributed by atoms with Gasteiger partial charge in [0, 0.05) is 47.4 Å². The van der Waals surface area contributed by atoms with Gasteiger partial charge in [-0.1, -0.05) is 63.8 Å². The monoisotopic (exact) mass is 461 g/mol. The molecule has 2 aromatic rings. The number of nitrogens with zero attached hydrogens (tertiary/aromatic N) is 3. The van der Waals surface area contributed by atoms with E-state index in [2.05, 4.69) is 10.3 Å². The van der Waals surface area contributed by atoms with E-state index >= 15 is 0 Å². The van der Waals surface area contributed by atoms with Gasteiger partial charge in [0.15, 0.2) is 11.8 Å². The molecule has 2 aromatic carbocycles. The molecule has 0 heterocycles. The van der Waals surface area contributed by atoms with Gasteiger partial charge in [0.1, 0.15) is 7.11 Å². The summed E-state index contributed by atoms with van der Waals surface area (Å²) < 4.78 is 0. The molecule has 0 aromatic heterocycles. The third kappa shape index (κ3) is 5.02. The zero-order valence-electron chi connectivity index (χ0n) is 17.9. The minimum absolute atomic E-state index is 0.0838. The molecule has 1 amide bonds. The number of carbonyl (C=O) groups is 1. The number of amides is 1. The summed E-state index contributed by atoms with van der Waals surface area (Å²) >= 11 is 12.9. The molecule has 1 aliphatic carbocycles. The van der Waals surface area contributed by atoms with Crippen LogP contribution in [0.5, 0.6) is 0 Å². The van der Waals surface area contributed by atoms with Crippen LogP contribution in [0.3, 0.4) is 0 Å². The molecule has 0 aliphatic heterocycles. The first-order chi connectivity index (χ1) is 14.9. The van der Waals surface area contributed by atoms with E-state index in [1.165, 1.54) is 12.0 Å². The van der Waals surface area contributed by atoms with Crippen LogP contribution in [-0.2, 0) is 14.5 Å². The van der Waals surface area contributed by atoms with Gasteiger partial charge in [0.05, 0.1) is 0 Å². The van der Waals surface area contributed by atoms with Gasteiger partial charge < -0.3 is 14.6 Å². The van der Waals surface area contributed by atoms with Crippen LogP contribution in [0.2, 0.25) is 10.0 Å². The van der Waals surface area contributed by atoms with Gasteiger partial charge in [-0.2, -0.15) is 0 Å². The van der Waals surface area contributed by atoms with E-state index in [4.69, 9.17) is 32.9 Å². The number of benzene rings is 2. The number of likely N-dealkylation sites (N-methyl/N-ethyl adjacent to an activating group) is 1. The summed E-state index contributed by atoms with van der Waals surface area (Å²) in [4.78, 5) is 25.1. The molecule has 0 saturated heterocycles. The molecule has 3 rings (SSSR count). The molecule has 0 N–H and O–H groups in total. The van der Waals surface area contributed by atoms with E-state index in [-0.39, 0.29) is 23.5 Å². The SMILES string of the molecule is CC=NOC(c1ccccc1C(=NOC)C(=O)N(C)C)C1CC1c1c(Cl)cccc1Cl. The number of carbonyl (C=O) groups excluding carboxylic acids is 1. The van der Waals surface area contributed by atoms with E-state index < -0.39 is 6.10 Å². The molecular formula is C23H25Cl2N3O3. The summed E-state index contributed by atoms with van der Waals surface area (Å²) in [6.45, 7) is 1.78. The van der Waals surface area contributed by atoms with Crippen molar-refractivity contribution in [1.82, 2.24) is 4.90 Å². The highest BCUT2D eigenvalue weighted by molar-refractivity contribution is 6.45. The smallest absolute Gasteiger partial charge is 0.276 e. The minimum atomic E-state index is -0.415. The molecule has 6 nitrogen and oxygen atoms in total. The van der Waals surface area contributed by atoms with Crippen molar-refractivity contribution in [2.75, 3.05) is 21.2 Å². The third-order valence-corrected chi connectivity index (χ3v) is 5.85. The van der Waals surface area contributed by atoms with Crippen LogP contribution in [-0.4, -0.2) is 43.9 Å². The largest absolute Gasteiger partial charge is 0.398 e. The van der Waals surface area contributed by atoms with E-state index in [9.17, 15) is 4.79 Å². The van der Waals surface area contributed by atoms with Crippen molar-refractivity contribution in [3.05, 3.63) is 69.2 Å². The van der Waals surface area contributed by atoms with Crippen LogP contribution in [0.25, 0.3) is 0 Å². The molecule has 3 unspecified atom stereocenters. The molecule has 0 radical (unpaired) electrons. The highest BCUT2D eigenvalue weighted by atomic mass is 35.5. The molecule has 164 valence electrons. The van der Waals surface area contributed by atoms with E-state index in [0.717, 1.165) is 17.5 Å². The summed E-state index contributed by atoms with van der Waals surface area (Å²) in [5.41, 5.74) is 2.55. The third-order valence-electron chi connectivity index (χ3n) is 5.19. The maximum absolute atomic E-state index is 12.8. The number of halogens is 2. The lowest BCUT2D eigenvalue weighted by molar-refractivity contribution is -0.121. The Kier molecular flexibility index (Phi) is 7.57. The second-order valence-corrected chi connectivity index (χ2v) is 8.25. The molecule has 0 spiro atoms. The summed E-state index contributed by atoms with van der Waals surface area (Å²) in [6.07, 6.45) is 2.01. The maximum Gasteiger partial charge on any atom is 0.276 e. The molecule has 3 atom stereocenters. The Bertz CT molecular complexity index is 987. The van der Waals surface area contributed by atoms with Gasteiger partial charge in [0.25, 0.3) is 5.91 Å². The Hall–Kier alpha value is -2.57. The fourth-order valence-corrected chi connectivity index (χ4v) is 4.38. The number of rotatable bonds is 8. The zero-order chi connectivity index (χ0) is 22.5. The molecule has 1 aliphatic rings. The van der Waals surface area contributed by atoms with Gasteiger partial charge in [-0.15, -0.1) is 0 Å². The van der Waals surface area contributed by atoms with Crippen molar-refractivity contribution in [3.63, 3.8) is 0 Å². The zero-order valence-corrected chi connectivity index (χ0v) is 19.4. The van der Waals surface area contributed by atoms with Gasteiger partial charge in [-0.05, 0) is 37.0 Å². The van der Waals surface area contributed by atoms with E-state index in [1.807, 2.05) is 42.5 Å². The number of hydrogen-bond acceptors (Lipinski definition) is 5. The fraction of sp³-hybridized carbons (Fsp3) is 0.348. The Morgan fingerprint density at radius 1 is 1.16 bits per heavy atom. The van der Waals surface area contributed by atoms with Crippen molar-refractivity contribution in [1.29, 1.82) is 0 Å². The summed E-state index contributed by atoms with van der Waals surface area (Å²) in [6, 6.07) is 13.0. The van der Waals surface area contributed by atoms with Gasteiger partial charge in [-0.25, -0.2) is 0 Å². The molecule has 1 fully saturated rings. The van der Waals surface area contributed by atoms with Gasteiger partial charge in [0.2, 0.25) is 0 Å². The minimum Gasteiger partial charge on any atom is -0.398 e. The van der Waals surface area contributed by atoms with Crippen molar-refractivity contribution in [2.45, 2.75) is 25.4 Å². The lowest BCUT2D eigenvalue weighted by Crippen LogP contribution is -2.31. The van der Waals surface area contributed by atoms with Crippen molar-refractivity contribution < 1.29 is 14.5 Å². The van der Waals surface area contributed by atoms with Crippen LogP contribution in [0.4, 0.5) is 0 Å². The summed E-state index contributed by atoms with van der Waals surface area (Å²) in [5.74, 6) is -0.0623. The fourth-order valence-electron chi connectivity index (χ4n) is 3.71. The van der Waals surface area contributed by atoms with E-state index in [1.54, 1.807) is 27.2 Å². The van der Waals surface area contributed by atoms with Gasteiger partial charge in [-0.3, -0.25) is 4.79 Å². The van der Waals surface area contributed by atoms with Crippen LogP contribution in [0.1, 0.15) is 42.1 Å². The van der Waals surface area contributed by atoms with Crippen LogP contribution in [0, 0.1) is 5.92 Å². The second kappa shape index (κ2) is 10.2. The predicted molar refractivity (Wildman–Crippen MR) is 124 cm³/mol. The number of hydrogen-bond donors (Lipinski definition) is 0. The molecule has 8 heteroatoms. The van der Waals surface area contributed by atoms with E-state index in [0.29, 0.717) is 15.6 Å². The van der Waals surface area contributed by atoms with Crippen molar-refractivity contribution >= 4 is 41.0 Å². The molecule has 31 heavy (non-hydrogen) atoms. The average Bonchev–Trinajstić information content (AvgIpc) is 3.52. The second-order valence-electron chi connectivity index (χ2n) is 7.44. The highest BCUT2D eigenvalue weighted by Gasteiger charge is 2.48. The molecular weight excluding hydrogens is 437 g/mol. The first-order valence-corrected chi connectivity index (χ1v) is 10.7. The normalized spacial score (nSPS) is 19.2. The Morgan fingerprint density at radius 2 is 1.84 bits per heavy atom. The standard InChI is InChI=1S/C23H25Cl2N3O3/c1-5-26-31-22(17-13-16(17)20-18(24)11-8-12-19(20)25)15-10-7-6-9-14(15)21(27-30-4)23(29)28(2)3/h5-12,16-17,22H,13H2,1-4H3. The Balaban J connectivity index is 2.04. The molecule has 0 bridgehead atoms. The summed E-state index contributed by atoms with van der Waals surface area (Å²) in [7, 11) is 4.75.